The van der Waals surface area contributed by atoms with E-state index in [0.717, 1.165) is 38.4 Å². The summed E-state index contributed by atoms with van der Waals surface area (Å²) < 4.78 is 5.42. The maximum absolute atomic E-state index is 5.75. The van der Waals surface area contributed by atoms with Crippen LogP contribution in [0.1, 0.15) is 25.3 Å². The second-order valence-electron chi connectivity index (χ2n) is 5.21. The molecule has 1 fully saturated rings. The van der Waals surface area contributed by atoms with Gasteiger partial charge in [0.05, 0.1) is 6.61 Å². The summed E-state index contributed by atoms with van der Waals surface area (Å²) in [7, 11) is 0. The molecule has 0 unspecified atom stereocenters. The first-order valence-corrected chi connectivity index (χ1v) is 6.90. The van der Waals surface area contributed by atoms with Gasteiger partial charge in [-0.25, -0.2) is 0 Å². The summed E-state index contributed by atoms with van der Waals surface area (Å²) in [5.74, 6) is 0.953. The van der Waals surface area contributed by atoms with Gasteiger partial charge in [-0.1, -0.05) is 12.1 Å². The first kappa shape index (κ1) is 13.4. The normalized spacial score (nSPS) is 16.6. The predicted molar refractivity (Wildman–Crippen MR) is 74.9 cm³/mol. The smallest absolute Gasteiger partial charge is 0.119 e. The fraction of sp³-hybridized carbons (Fsp3) is 0.600. The second-order valence-corrected chi connectivity index (χ2v) is 5.21. The van der Waals surface area contributed by atoms with Crippen LogP contribution in [-0.4, -0.2) is 26.2 Å². The minimum atomic E-state index is 0.429. The highest BCUT2D eigenvalue weighted by atomic mass is 16.5. The van der Waals surface area contributed by atoms with Crippen LogP contribution < -0.4 is 15.8 Å². The van der Waals surface area contributed by atoms with Crippen LogP contribution in [0.2, 0.25) is 0 Å². The van der Waals surface area contributed by atoms with Gasteiger partial charge in [0.2, 0.25) is 0 Å². The average Bonchev–Trinajstić information content (AvgIpc) is 3.18. The lowest BCUT2D eigenvalue weighted by Crippen LogP contribution is -2.30. The van der Waals surface area contributed by atoms with Gasteiger partial charge in [0.1, 0.15) is 5.75 Å². The van der Waals surface area contributed by atoms with Crippen molar-refractivity contribution in [1.82, 2.24) is 5.32 Å². The van der Waals surface area contributed by atoms with Crippen molar-refractivity contribution >= 4 is 0 Å². The zero-order chi connectivity index (χ0) is 12.8. The van der Waals surface area contributed by atoms with Gasteiger partial charge in [0.15, 0.2) is 0 Å². The summed E-state index contributed by atoms with van der Waals surface area (Å²) in [4.78, 5) is 0. The Morgan fingerprint density at radius 1 is 1.28 bits per heavy atom. The van der Waals surface area contributed by atoms with E-state index in [4.69, 9.17) is 10.5 Å². The molecule has 2 rings (SSSR count). The molecule has 0 radical (unpaired) electrons. The van der Waals surface area contributed by atoms with E-state index in [1.807, 2.05) is 19.1 Å². The zero-order valence-electron chi connectivity index (χ0n) is 11.2. The molecule has 0 amide bonds. The van der Waals surface area contributed by atoms with E-state index >= 15 is 0 Å². The molecule has 0 aromatic heterocycles. The van der Waals surface area contributed by atoms with Gasteiger partial charge < -0.3 is 15.8 Å². The molecule has 0 aliphatic heterocycles. The highest BCUT2D eigenvalue weighted by molar-refractivity contribution is 5.27. The topological polar surface area (TPSA) is 47.3 Å². The Kier molecular flexibility index (Phi) is 4.61. The minimum absolute atomic E-state index is 0.429. The molecule has 1 aromatic rings. The molecule has 3 nitrogen and oxygen atoms in total. The fourth-order valence-corrected chi connectivity index (χ4v) is 2.14. The molecule has 18 heavy (non-hydrogen) atoms. The van der Waals surface area contributed by atoms with Crippen LogP contribution >= 0.6 is 0 Å². The molecule has 1 aromatic carbocycles. The maximum atomic E-state index is 5.75. The molecule has 100 valence electrons. The Morgan fingerprint density at radius 3 is 2.56 bits per heavy atom. The van der Waals surface area contributed by atoms with Crippen molar-refractivity contribution in [3.05, 3.63) is 29.8 Å². The summed E-state index contributed by atoms with van der Waals surface area (Å²) in [6.07, 6.45) is 3.65. The molecule has 0 heterocycles. The maximum Gasteiger partial charge on any atom is 0.119 e. The Hall–Kier alpha value is -1.06. The number of benzene rings is 1. The van der Waals surface area contributed by atoms with E-state index in [-0.39, 0.29) is 0 Å². The Balaban J connectivity index is 1.67. The van der Waals surface area contributed by atoms with Crippen molar-refractivity contribution in [3.63, 3.8) is 0 Å². The van der Waals surface area contributed by atoms with Crippen LogP contribution in [0.25, 0.3) is 0 Å². The highest BCUT2D eigenvalue weighted by Gasteiger charge is 2.40. The first-order valence-electron chi connectivity index (χ1n) is 6.90. The standard InChI is InChI=1S/C15H24N2O/c1-2-18-14-5-3-13(4-6-14)7-10-17-12-15(11-16)8-9-15/h3-6,17H,2,7-12,16H2,1H3. The summed E-state index contributed by atoms with van der Waals surface area (Å²) in [6, 6.07) is 8.37. The van der Waals surface area contributed by atoms with E-state index < -0.39 is 0 Å². The van der Waals surface area contributed by atoms with E-state index in [1.54, 1.807) is 0 Å². The molecular formula is C15H24N2O. The van der Waals surface area contributed by atoms with E-state index in [9.17, 15) is 0 Å². The first-order chi connectivity index (χ1) is 8.78. The molecular weight excluding hydrogens is 224 g/mol. The monoisotopic (exact) mass is 248 g/mol. The highest BCUT2D eigenvalue weighted by Crippen LogP contribution is 2.43. The second kappa shape index (κ2) is 6.21. The average molecular weight is 248 g/mol. The molecule has 0 saturated heterocycles. The third kappa shape index (κ3) is 3.72. The van der Waals surface area contributed by atoms with Crippen molar-refractivity contribution in [2.24, 2.45) is 11.1 Å². The molecule has 0 spiro atoms. The molecule has 0 atom stereocenters. The van der Waals surface area contributed by atoms with Crippen LogP contribution in [-0.2, 0) is 6.42 Å². The minimum Gasteiger partial charge on any atom is -0.494 e. The van der Waals surface area contributed by atoms with Gasteiger partial charge in [-0.2, -0.15) is 0 Å². The third-order valence-electron chi connectivity index (χ3n) is 3.71. The van der Waals surface area contributed by atoms with Crippen LogP contribution in [0.3, 0.4) is 0 Å². The summed E-state index contributed by atoms with van der Waals surface area (Å²) in [5.41, 5.74) is 7.53. The summed E-state index contributed by atoms with van der Waals surface area (Å²) >= 11 is 0. The van der Waals surface area contributed by atoms with Crippen LogP contribution in [0, 0.1) is 5.41 Å². The van der Waals surface area contributed by atoms with Crippen molar-refractivity contribution < 1.29 is 4.74 Å². The largest absolute Gasteiger partial charge is 0.494 e. The number of ether oxygens (including phenoxy) is 1. The van der Waals surface area contributed by atoms with Crippen molar-refractivity contribution in [3.8, 4) is 5.75 Å². The SMILES string of the molecule is CCOc1ccc(CCNCC2(CN)CC2)cc1. The lowest BCUT2D eigenvalue weighted by atomic mass is 10.1. The number of nitrogens with two attached hydrogens (primary N) is 1. The predicted octanol–water partition coefficient (Wildman–Crippen LogP) is 1.96. The molecule has 0 bridgehead atoms. The molecule has 3 N–H and O–H groups in total. The van der Waals surface area contributed by atoms with Gasteiger partial charge in [-0.15, -0.1) is 0 Å². The van der Waals surface area contributed by atoms with Crippen LogP contribution in [0.4, 0.5) is 0 Å². The molecule has 1 saturated carbocycles. The van der Waals surface area contributed by atoms with Gasteiger partial charge in [0.25, 0.3) is 0 Å². The number of hydrogen-bond acceptors (Lipinski definition) is 3. The number of rotatable bonds is 8. The van der Waals surface area contributed by atoms with Crippen molar-refractivity contribution in [2.45, 2.75) is 26.2 Å². The van der Waals surface area contributed by atoms with E-state index in [0.29, 0.717) is 5.41 Å². The van der Waals surface area contributed by atoms with Gasteiger partial charge in [0, 0.05) is 6.54 Å². The van der Waals surface area contributed by atoms with Crippen molar-refractivity contribution in [2.75, 3.05) is 26.2 Å². The Labute approximate surface area is 110 Å². The quantitative estimate of drug-likeness (QED) is 0.691. The van der Waals surface area contributed by atoms with Gasteiger partial charge in [-0.05, 0) is 62.4 Å². The zero-order valence-corrected chi connectivity index (χ0v) is 11.2. The third-order valence-corrected chi connectivity index (χ3v) is 3.71. The fourth-order valence-electron chi connectivity index (χ4n) is 2.14. The van der Waals surface area contributed by atoms with E-state index in [1.165, 1.54) is 18.4 Å². The number of nitrogens with one attached hydrogen (secondary N) is 1. The van der Waals surface area contributed by atoms with Crippen LogP contribution in [0.5, 0.6) is 5.75 Å². The summed E-state index contributed by atoms with van der Waals surface area (Å²) in [5, 5.41) is 3.52. The van der Waals surface area contributed by atoms with Gasteiger partial charge >= 0.3 is 0 Å². The van der Waals surface area contributed by atoms with Crippen molar-refractivity contribution in [1.29, 1.82) is 0 Å². The molecule has 3 heteroatoms. The molecule has 1 aliphatic rings. The van der Waals surface area contributed by atoms with Gasteiger partial charge in [-0.3, -0.25) is 0 Å². The Bertz CT molecular complexity index is 357. The van der Waals surface area contributed by atoms with E-state index in [2.05, 4.69) is 17.4 Å². The lowest BCUT2D eigenvalue weighted by molar-refractivity contribution is 0.340. The molecule has 1 aliphatic carbocycles. The summed E-state index contributed by atoms with van der Waals surface area (Å²) in [6.45, 7) is 5.64. The van der Waals surface area contributed by atoms with Crippen LogP contribution in [0.15, 0.2) is 24.3 Å². The number of hydrogen-bond donors (Lipinski definition) is 2. The lowest BCUT2D eigenvalue weighted by Gasteiger charge is -2.13. The Morgan fingerprint density at radius 2 is 2.00 bits per heavy atom.